The minimum Gasteiger partial charge on any atom is -0.497 e. The summed E-state index contributed by atoms with van der Waals surface area (Å²) in [6.45, 7) is 0. The van der Waals surface area contributed by atoms with Gasteiger partial charge in [0.1, 0.15) is 5.75 Å². The highest BCUT2D eigenvalue weighted by molar-refractivity contribution is 5.98. The van der Waals surface area contributed by atoms with Crippen molar-refractivity contribution in [1.29, 1.82) is 0 Å². The van der Waals surface area contributed by atoms with Gasteiger partial charge in [0.15, 0.2) is 5.78 Å². The first-order chi connectivity index (χ1) is 10.6. The van der Waals surface area contributed by atoms with Gasteiger partial charge in [0, 0.05) is 12.0 Å². The molecule has 0 aliphatic heterocycles. The lowest BCUT2D eigenvalue weighted by molar-refractivity contribution is -0.141. The van der Waals surface area contributed by atoms with Crippen molar-refractivity contribution in [3.8, 4) is 5.75 Å². The molecular weight excluding hydrogens is 280 g/mol. The number of hydrogen-bond donors (Lipinski definition) is 1. The Morgan fingerprint density at radius 2 is 1.68 bits per heavy atom. The number of ketones is 1. The quantitative estimate of drug-likeness (QED) is 0.797. The maximum Gasteiger partial charge on any atom is 0.307 e. The molecule has 0 saturated carbocycles. The second-order valence-corrected chi connectivity index (χ2v) is 5.08. The van der Waals surface area contributed by atoms with Gasteiger partial charge in [0.2, 0.25) is 0 Å². The van der Waals surface area contributed by atoms with E-state index < -0.39 is 11.9 Å². The number of rotatable bonds is 7. The van der Waals surface area contributed by atoms with Crippen molar-refractivity contribution < 1.29 is 19.4 Å². The second kappa shape index (κ2) is 7.41. The highest BCUT2D eigenvalue weighted by Gasteiger charge is 2.22. The molecule has 1 N–H and O–H groups in total. The third-order valence-electron chi connectivity index (χ3n) is 3.52. The van der Waals surface area contributed by atoms with Gasteiger partial charge < -0.3 is 9.84 Å². The van der Waals surface area contributed by atoms with Crippen LogP contribution in [0, 0.1) is 5.92 Å². The van der Waals surface area contributed by atoms with Crippen LogP contribution in [0.1, 0.15) is 22.3 Å². The Balaban J connectivity index is 2.06. The standard InChI is InChI=1S/C18H18O4/c1-22-16-9-7-14(8-10-16)17(19)12-15(18(20)21)11-13-5-3-2-4-6-13/h2-10,15H,11-12H2,1H3,(H,20,21). The Morgan fingerprint density at radius 3 is 2.23 bits per heavy atom. The van der Waals surface area contributed by atoms with Crippen molar-refractivity contribution in [2.75, 3.05) is 7.11 Å². The molecule has 0 spiro atoms. The Kier molecular flexibility index (Phi) is 5.31. The molecule has 1 atom stereocenters. The fourth-order valence-electron chi connectivity index (χ4n) is 2.26. The number of ether oxygens (including phenoxy) is 1. The number of hydrogen-bond acceptors (Lipinski definition) is 3. The van der Waals surface area contributed by atoms with Gasteiger partial charge in [-0.3, -0.25) is 9.59 Å². The first-order valence-corrected chi connectivity index (χ1v) is 7.04. The summed E-state index contributed by atoms with van der Waals surface area (Å²) >= 11 is 0. The van der Waals surface area contributed by atoms with Gasteiger partial charge in [-0.2, -0.15) is 0 Å². The second-order valence-electron chi connectivity index (χ2n) is 5.08. The van der Waals surface area contributed by atoms with E-state index >= 15 is 0 Å². The molecule has 114 valence electrons. The molecule has 0 amide bonds. The normalized spacial score (nSPS) is 11.7. The van der Waals surface area contributed by atoms with Crippen molar-refractivity contribution in [2.24, 2.45) is 5.92 Å². The van der Waals surface area contributed by atoms with E-state index in [9.17, 15) is 14.7 Å². The summed E-state index contributed by atoms with van der Waals surface area (Å²) < 4.78 is 5.04. The van der Waals surface area contributed by atoms with E-state index in [1.54, 1.807) is 31.4 Å². The zero-order valence-electron chi connectivity index (χ0n) is 12.4. The van der Waals surface area contributed by atoms with Crippen LogP contribution in [0.5, 0.6) is 5.75 Å². The van der Waals surface area contributed by atoms with E-state index in [1.165, 1.54) is 0 Å². The summed E-state index contributed by atoms with van der Waals surface area (Å²) in [6.07, 6.45) is 0.328. The van der Waals surface area contributed by atoms with Gasteiger partial charge in [-0.1, -0.05) is 30.3 Å². The molecule has 0 aliphatic carbocycles. The molecule has 0 bridgehead atoms. The van der Waals surface area contributed by atoms with Crippen molar-refractivity contribution in [2.45, 2.75) is 12.8 Å². The van der Waals surface area contributed by atoms with Crippen LogP contribution in [0.4, 0.5) is 0 Å². The van der Waals surface area contributed by atoms with Gasteiger partial charge in [-0.05, 0) is 36.2 Å². The maximum absolute atomic E-state index is 12.2. The average molecular weight is 298 g/mol. The molecule has 4 heteroatoms. The number of methoxy groups -OCH3 is 1. The van der Waals surface area contributed by atoms with Crippen LogP contribution in [0.15, 0.2) is 54.6 Å². The van der Waals surface area contributed by atoms with E-state index in [1.807, 2.05) is 30.3 Å². The average Bonchev–Trinajstić information content (AvgIpc) is 2.55. The van der Waals surface area contributed by atoms with Crippen LogP contribution in [-0.2, 0) is 11.2 Å². The van der Waals surface area contributed by atoms with E-state index in [2.05, 4.69) is 0 Å². The lowest BCUT2D eigenvalue weighted by Gasteiger charge is -2.12. The molecule has 4 nitrogen and oxygen atoms in total. The maximum atomic E-state index is 12.2. The summed E-state index contributed by atoms with van der Waals surface area (Å²) in [5, 5.41) is 9.34. The van der Waals surface area contributed by atoms with Crippen LogP contribution in [0.2, 0.25) is 0 Å². The zero-order valence-corrected chi connectivity index (χ0v) is 12.4. The molecule has 0 fully saturated rings. The number of carbonyl (C=O) groups is 2. The van der Waals surface area contributed by atoms with Crippen LogP contribution >= 0.6 is 0 Å². The Bertz CT molecular complexity index is 632. The smallest absolute Gasteiger partial charge is 0.307 e. The molecule has 2 aromatic rings. The topological polar surface area (TPSA) is 63.6 Å². The third-order valence-corrected chi connectivity index (χ3v) is 3.52. The first kappa shape index (κ1) is 15.8. The summed E-state index contributed by atoms with van der Waals surface area (Å²) in [5.74, 6) is -1.19. The molecule has 2 rings (SSSR count). The van der Waals surface area contributed by atoms with Crippen LogP contribution in [0.3, 0.4) is 0 Å². The van der Waals surface area contributed by atoms with Gasteiger partial charge in [0.25, 0.3) is 0 Å². The molecule has 2 aromatic carbocycles. The molecular formula is C18H18O4. The summed E-state index contributed by atoms with van der Waals surface area (Å²) in [7, 11) is 1.55. The van der Waals surface area contributed by atoms with Crippen molar-refractivity contribution in [3.05, 3.63) is 65.7 Å². The van der Waals surface area contributed by atoms with E-state index in [0.717, 1.165) is 5.56 Å². The van der Waals surface area contributed by atoms with Crippen molar-refractivity contribution >= 4 is 11.8 Å². The molecule has 22 heavy (non-hydrogen) atoms. The summed E-state index contributed by atoms with van der Waals surface area (Å²) in [5.41, 5.74) is 1.41. The highest BCUT2D eigenvalue weighted by atomic mass is 16.5. The number of carbonyl (C=O) groups excluding carboxylic acids is 1. The lowest BCUT2D eigenvalue weighted by atomic mass is 9.92. The van der Waals surface area contributed by atoms with Gasteiger partial charge in [0.05, 0.1) is 13.0 Å². The monoisotopic (exact) mass is 298 g/mol. The van der Waals surface area contributed by atoms with E-state index in [4.69, 9.17) is 4.74 Å². The first-order valence-electron chi connectivity index (χ1n) is 7.04. The number of benzene rings is 2. The fraction of sp³-hybridized carbons (Fsp3) is 0.222. The number of aliphatic carboxylic acids is 1. The summed E-state index contributed by atoms with van der Waals surface area (Å²) in [4.78, 5) is 23.6. The van der Waals surface area contributed by atoms with E-state index in [0.29, 0.717) is 17.7 Å². The van der Waals surface area contributed by atoms with Gasteiger partial charge in [-0.25, -0.2) is 0 Å². The van der Waals surface area contributed by atoms with Crippen molar-refractivity contribution in [1.82, 2.24) is 0 Å². The summed E-state index contributed by atoms with van der Waals surface area (Å²) in [6, 6.07) is 16.0. The van der Waals surface area contributed by atoms with Gasteiger partial charge >= 0.3 is 5.97 Å². The SMILES string of the molecule is COc1ccc(C(=O)CC(Cc2ccccc2)C(=O)O)cc1. The Morgan fingerprint density at radius 1 is 1.05 bits per heavy atom. The molecule has 0 aliphatic rings. The predicted molar refractivity (Wildman–Crippen MR) is 83.2 cm³/mol. The molecule has 0 aromatic heterocycles. The van der Waals surface area contributed by atoms with Crippen LogP contribution in [-0.4, -0.2) is 24.0 Å². The molecule has 0 heterocycles. The number of Topliss-reactive ketones (excluding diaryl/α,β-unsaturated/α-hetero) is 1. The third kappa shape index (κ3) is 4.19. The predicted octanol–water partition coefficient (Wildman–Crippen LogP) is 3.21. The lowest BCUT2D eigenvalue weighted by Crippen LogP contribution is -2.20. The Labute approximate surface area is 129 Å². The number of carboxylic acids is 1. The molecule has 0 saturated heterocycles. The van der Waals surface area contributed by atoms with Crippen molar-refractivity contribution in [3.63, 3.8) is 0 Å². The van der Waals surface area contributed by atoms with Gasteiger partial charge in [-0.15, -0.1) is 0 Å². The largest absolute Gasteiger partial charge is 0.497 e. The number of carboxylic acid groups (broad SMARTS) is 1. The fourth-order valence-corrected chi connectivity index (χ4v) is 2.26. The van der Waals surface area contributed by atoms with Crippen LogP contribution < -0.4 is 4.74 Å². The van der Waals surface area contributed by atoms with E-state index in [-0.39, 0.29) is 12.2 Å². The molecule has 0 radical (unpaired) electrons. The minimum absolute atomic E-state index is 0.0173. The minimum atomic E-state index is -0.953. The molecule has 1 unspecified atom stereocenters. The zero-order chi connectivity index (χ0) is 15.9. The van der Waals surface area contributed by atoms with Crippen LogP contribution in [0.25, 0.3) is 0 Å². The Hall–Kier alpha value is -2.62. The highest BCUT2D eigenvalue weighted by Crippen LogP contribution is 2.18.